The van der Waals surface area contributed by atoms with Crippen LogP contribution in [-0.4, -0.2) is 44.5 Å². The molecule has 2 aromatic carbocycles. The van der Waals surface area contributed by atoms with Crippen LogP contribution in [0.5, 0.6) is 0 Å². The molecule has 0 radical (unpaired) electrons. The van der Waals surface area contributed by atoms with Crippen LogP contribution >= 0.6 is 15.9 Å². The Hall–Kier alpha value is -2.39. The van der Waals surface area contributed by atoms with Crippen LogP contribution in [-0.2, 0) is 32.7 Å². The van der Waals surface area contributed by atoms with Crippen molar-refractivity contribution in [2.75, 3.05) is 23.7 Å². The molecule has 1 aliphatic rings. The molecule has 3 rings (SSSR count). The van der Waals surface area contributed by atoms with Gasteiger partial charge in [0.05, 0.1) is 11.9 Å². The summed E-state index contributed by atoms with van der Waals surface area (Å²) in [5, 5.41) is 2.80. The molecule has 2 amide bonds. The van der Waals surface area contributed by atoms with Crippen LogP contribution in [0.4, 0.5) is 5.69 Å². The predicted octanol–water partition coefficient (Wildman–Crippen LogP) is 2.65. The molecule has 0 spiro atoms. The molecule has 1 heterocycles. The van der Waals surface area contributed by atoms with E-state index in [1.54, 1.807) is 24.3 Å². The molecule has 1 saturated heterocycles. The number of anilines is 1. The van der Waals surface area contributed by atoms with Gasteiger partial charge >= 0.3 is 0 Å². The molecule has 1 fully saturated rings. The van der Waals surface area contributed by atoms with Crippen molar-refractivity contribution in [2.24, 2.45) is 0 Å². The average Bonchev–Trinajstić information content (AvgIpc) is 3.09. The first kappa shape index (κ1) is 22.3. The number of sulfonamides is 1. The van der Waals surface area contributed by atoms with Gasteiger partial charge in [0.2, 0.25) is 21.8 Å². The SMILES string of the molecule is CS(=O)(=O)N(CC(=O)NCc1ccccc1CN1CCCC1=O)c1cccc(Br)c1. The number of nitrogens with zero attached hydrogens (tertiary/aromatic N) is 2. The molecular formula is C21H24BrN3O4S. The third kappa shape index (κ3) is 5.82. The van der Waals surface area contributed by atoms with Crippen LogP contribution in [0.15, 0.2) is 53.0 Å². The second-order valence-corrected chi connectivity index (χ2v) is 10.0. The van der Waals surface area contributed by atoms with Gasteiger partial charge < -0.3 is 10.2 Å². The summed E-state index contributed by atoms with van der Waals surface area (Å²) in [7, 11) is -3.64. The molecule has 0 aromatic heterocycles. The van der Waals surface area contributed by atoms with Gasteiger partial charge in [0, 0.05) is 30.5 Å². The van der Waals surface area contributed by atoms with Crippen LogP contribution in [0.3, 0.4) is 0 Å². The van der Waals surface area contributed by atoms with Crippen molar-refractivity contribution in [2.45, 2.75) is 25.9 Å². The van der Waals surface area contributed by atoms with Crippen molar-refractivity contribution < 1.29 is 18.0 Å². The second kappa shape index (κ2) is 9.61. The lowest BCUT2D eigenvalue weighted by Crippen LogP contribution is -2.40. The van der Waals surface area contributed by atoms with E-state index >= 15 is 0 Å². The Balaban J connectivity index is 1.67. The van der Waals surface area contributed by atoms with Gasteiger partial charge in [0.1, 0.15) is 6.54 Å². The summed E-state index contributed by atoms with van der Waals surface area (Å²) >= 11 is 3.32. The minimum Gasteiger partial charge on any atom is -0.350 e. The minimum atomic E-state index is -3.64. The largest absolute Gasteiger partial charge is 0.350 e. The topological polar surface area (TPSA) is 86.8 Å². The van der Waals surface area contributed by atoms with Crippen LogP contribution in [0.1, 0.15) is 24.0 Å². The van der Waals surface area contributed by atoms with Gasteiger partial charge in [-0.2, -0.15) is 0 Å². The summed E-state index contributed by atoms with van der Waals surface area (Å²) in [6.45, 7) is 1.20. The summed E-state index contributed by atoms with van der Waals surface area (Å²) in [5.41, 5.74) is 2.29. The van der Waals surface area contributed by atoms with Crippen LogP contribution in [0.2, 0.25) is 0 Å². The van der Waals surface area contributed by atoms with Crippen LogP contribution in [0, 0.1) is 0 Å². The maximum Gasteiger partial charge on any atom is 0.241 e. The highest BCUT2D eigenvalue weighted by atomic mass is 79.9. The van der Waals surface area contributed by atoms with Crippen molar-refractivity contribution in [1.29, 1.82) is 0 Å². The van der Waals surface area contributed by atoms with E-state index in [1.807, 2.05) is 29.2 Å². The number of hydrogen-bond donors (Lipinski definition) is 1. The van der Waals surface area contributed by atoms with E-state index in [-0.39, 0.29) is 19.0 Å². The van der Waals surface area contributed by atoms with E-state index in [1.165, 1.54) is 0 Å². The number of halogens is 1. The Morgan fingerprint density at radius 1 is 1.17 bits per heavy atom. The number of rotatable bonds is 8. The lowest BCUT2D eigenvalue weighted by atomic mass is 10.1. The molecule has 0 bridgehead atoms. The van der Waals surface area contributed by atoms with Gasteiger partial charge in [-0.15, -0.1) is 0 Å². The summed E-state index contributed by atoms with van der Waals surface area (Å²) < 4.78 is 26.2. The van der Waals surface area contributed by atoms with Crippen molar-refractivity contribution in [3.05, 3.63) is 64.1 Å². The quantitative estimate of drug-likeness (QED) is 0.612. The van der Waals surface area contributed by atoms with Crippen molar-refractivity contribution in [3.63, 3.8) is 0 Å². The summed E-state index contributed by atoms with van der Waals surface area (Å²) in [6, 6.07) is 14.4. The highest BCUT2D eigenvalue weighted by Crippen LogP contribution is 2.22. The Labute approximate surface area is 185 Å². The van der Waals surface area contributed by atoms with Gasteiger partial charge in [-0.3, -0.25) is 13.9 Å². The first-order valence-electron chi connectivity index (χ1n) is 9.58. The van der Waals surface area contributed by atoms with Crippen LogP contribution < -0.4 is 9.62 Å². The monoisotopic (exact) mass is 493 g/mol. The third-order valence-electron chi connectivity index (χ3n) is 4.91. The number of amides is 2. The Kier molecular flexibility index (Phi) is 7.14. The fourth-order valence-electron chi connectivity index (χ4n) is 3.37. The van der Waals surface area contributed by atoms with E-state index in [0.29, 0.717) is 18.7 Å². The first-order chi connectivity index (χ1) is 14.2. The number of carbonyl (C=O) groups is 2. The van der Waals surface area contributed by atoms with Gasteiger partial charge in [-0.1, -0.05) is 46.3 Å². The van der Waals surface area contributed by atoms with E-state index in [9.17, 15) is 18.0 Å². The molecule has 0 unspecified atom stereocenters. The fourth-order valence-corrected chi connectivity index (χ4v) is 4.61. The second-order valence-electron chi connectivity index (χ2n) is 7.21. The molecule has 30 heavy (non-hydrogen) atoms. The summed E-state index contributed by atoms with van der Waals surface area (Å²) in [5.74, 6) is -0.265. The predicted molar refractivity (Wildman–Crippen MR) is 119 cm³/mol. The van der Waals surface area contributed by atoms with E-state index in [4.69, 9.17) is 0 Å². The highest BCUT2D eigenvalue weighted by molar-refractivity contribution is 9.10. The molecule has 9 heteroatoms. The Morgan fingerprint density at radius 2 is 1.90 bits per heavy atom. The smallest absolute Gasteiger partial charge is 0.241 e. The number of carbonyl (C=O) groups excluding carboxylic acids is 2. The maximum atomic E-state index is 12.5. The zero-order chi connectivity index (χ0) is 21.7. The lowest BCUT2D eigenvalue weighted by molar-refractivity contribution is -0.128. The zero-order valence-corrected chi connectivity index (χ0v) is 19.1. The molecule has 2 aromatic rings. The Morgan fingerprint density at radius 3 is 2.53 bits per heavy atom. The molecule has 0 aliphatic carbocycles. The third-order valence-corrected chi connectivity index (χ3v) is 6.54. The highest BCUT2D eigenvalue weighted by Gasteiger charge is 2.22. The van der Waals surface area contributed by atoms with Gasteiger partial charge in [-0.05, 0) is 35.7 Å². The van der Waals surface area contributed by atoms with Gasteiger partial charge in [-0.25, -0.2) is 8.42 Å². The van der Waals surface area contributed by atoms with Gasteiger partial charge in [0.15, 0.2) is 0 Å². The van der Waals surface area contributed by atoms with Crippen molar-refractivity contribution >= 4 is 43.5 Å². The van der Waals surface area contributed by atoms with E-state index in [0.717, 1.165) is 39.1 Å². The number of hydrogen-bond acceptors (Lipinski definition) is 4. The van der Waals surface area contributed by atoms with Crippen molar-refractivity contribution in [1.82, 2.24) is 10.2 Å². The molecular weight excluding hydrogens is 470 g/mol. The van der Waals surface area contributed by atoms with Crippen LogP contribution in [0.25, 0.3) is 0 Å². The molecule has 1 aliphatic heterocycles. The van der Waals surface area contributed by atoms with Crippen molar-refractivity contribution in [3.8, 4) is 0 Å². The molecule has 0 atom stereocenters. The van der Waals surface area contributed by atoms with E-state index < -0.39 is 15.9 Å². The molecule has 7 nitrogen and oxygen atoms in total. The standard InChI is InChI=1S/C21H24BrN3O4S/c1-30(28,29)25(19-9-4-8-18(22)12-19)15-20(26)23-13-16-6-2-3-7-17(16)14-24-11-5-10-21(24)27/h2-4,6-9,12H,5,10-11,13-15H2,1H3,(H,23,26). The maximum absolute atomic E-state index is 12.5. The zero-order valence-electron chi connectivity index (χ0n) is 16.7. The first-order valence-corrected chi connectivity index (χ1v) is 12.2. The summed E-state index contributed by atoms with van der Waals surface area (Å²) in [4.78, 5) is 26.3. The Bertz CT molecular complexity index is 1040. The number of likely N-dealkylation sites (tertiary alicyclic amines) is 1. The fraction of sp³-hybridized carbons (Fsp3) is 0.333. The minimum absolute atomic E-state index is 0.145. The molecule has 1 N–H and O–H groups in total. The average molecular weight is 494 g/mol. The van der Waals surface area contributed by atoms with Gasteiger partial charge in [0.25, 0.3) is 0 Å². The number of nitrogens with one attached hydrogen (secondary N) is 1. The van der Waals surface area contributed by atoms with E-state index in [2.05, 4.69) is 21.2 Å². The number of benzene rings is 2. The normalized spacial score (nSPS) is 14.1. The molecule has 0 saturated carbocycles. The summed E-state index contributed by atoms with van der Waals surface area (Å²) in [6.07, 6.45) is 2.52. The molecule has 160 valence electrons. The lowest BCUT2D eigenvalue weighted by Gasteiger charge is -2.22.